The Bertz CT molecular complexity index is 740. The first kappa shape index (κ1) is 22.4. The molecule has 2 heterocycles. The van der Waals surface area contributed by atoms with Crippen LogP contribution in [-0.2, 0) is 20.8 Å². The average molecular weight is 422 g/mol. The van der Waals surface area contributed by atoms with Gasteiger partial charge >= 0.3 is 6.09 Å². The third kappa shape index (κ3) is 6.34. The predicted molar refractivity (Wildman–Crippen MR) is 109 cm³/mol. The van der Waals surface area contributed by atoms with Crippen molar-refractivity contribution in [3.63, 3.8) is 0 Å². The van der Waals surface area contributed by atoms with Gasteiger partial charge in [-0.05, 0) is 51.8 Å². The van der Waals surface area contributed by atoms with Crippen LogP contribution in [0.3, 0.4) is 0 Å². The third-order valence-corrected chi connectivity index (χ3v) is 4.86. The van der Waals surface area contributed by atoms with E-state index in [-0.39, 0.29) is 5.91 Å². The molecule has 2 aliphatic rings. The van der Waals surface area contributed by atoms with Crippen molar-refractivity contribution in [2.75, 3.05) is 32.9 Å². The molecule has 1 aromatic rings. The maximum Gasteiger partial charge on any atom is 0.417 e. The van der Waals surface area contributed by atoms with Crippen molar-refractivity contribution in [3.8, 4) is 11.5 Å². The van der Waals surface area contributed by atoms with Crippen molar-refractivity contribution < 1.29 is 33.9 Å². The zero-order chi connectivity index (χ0) is 21.6. The van der Waals surface area contributed by atoms with E-state index in [4.69, 9.17) is 18.9 Å². The summed E-state index contributed by atoms with van der Waals surface area (Å²) in [5.41, 5.74) is 0.481. The maximum absolute atomic E-state index is 12.8. The molecule has 2 N–H and O–H groups in total. The van der Waals surface area contributed by atoms with E-state index in [0.29, 0.717) is 39.2 Å². The highest BCUT2D eigenvalue weighted by molar-refractivity contribution is 5.94. The van der Waals surface area contributed by atoms with E-state index in [9.17, 15) is 9.59 Å². The Hall–Kier alpha value is -2.32. The summed E-state index contributed by atoms with van der Waals surface area (Å²) in [7, 11) is 0. The third-order valence-electron chi connectivity index (χ3n) is 4.86. The number of rotatable bonds is 7. The van der Waals surface area contributed by atoms with E-state index in [0.717, 1.165) is 36.6 Å². The monoisotopic (exact) mass is 421 g/mol. The molecule has 1 saturated heterocycles. The van der Waals surface area contributed by atoms with Gasteiger partial charge < -0.3 is 24.3 Å². The minimum Gasteiger partial charge on any atom is -0.486 e. The van der Waals surface area contributed by atoms with E-state index < -0.39 is 17.8 Å². The molecule has 1 fully saturated rings. The largest absolute Gasteiger partial charge is 0.486 e. The number of nitrogens with two attached hydrogens (primary N) is 1. The van der Waals surface area contributed by atoms with Crippen molar-refractivity contribution in [2.24, 2.45) is 0 Å². The van der Waals surface area contributed by atoms with E-state index in [1.54, 1.807) is 20.8 Å². The number of fused-ring (bicyclic) bond motifs is 1. The Balaban J connectivity index is 1.48. The molecule has 2 aliphatic heterocycles. The van der Waals surface area contributed by atoms with Gasteiger partial charge in [0.1, 0.15) is 31.5 Å². The number of ether oxygens (including phenoxy) is 4. The number of hydrogen-bond acceptors (Lipinski definition) is 6. The molecular weight excluding hydrogens is 388 g/mol. The normalized spacial score (nSPS) is 18.2. The fourth-order valence-corrected chi connectivity index (χ4v) is 3.43. The second-order valence-corrected chi connectivity index (χ2v) is 8.58. The number of hydrogen-bond donors (Lipinski definition) is 1. The van der Waals surface area contributed by atoms with Gasteiger partial charge in [-0.15, -0.1) is 0 Å². The maximum atomic E-state index is 12.8. The van der Waals surface area contributed by atoms with Gasteiger partial charge in [-0.1, -0.05) is 0 Å². The first-order valence-corrected chi connectivity index (χ1v) is 10.7. The van der Waals surface area contributed by atoms with Gasteiger partial charge in [0.05, 0.1) is 6.54 Å². The van der Waals surface area contributed by atoms with E-state index in [2.05, 4.69) is 5.32 Å². The number of carbonyl (C=O) groups excluding carboxylic acids is 2. The summed E-state index contributed by atoms with van der Waals surface area (Å²) >= 11 is 0. The molecule has 1 atom stereocenters. The van der Waals surface area contributed by atoms with Crippen molar-refractivity contribution in [3.05, 3.63) is 23.8 Å². The topological polar surface area (TPSA) is 90.9 Å². The molecule has 0 radical (unpaired) electrons. The fraction of sp³-hybridized carbons (Fsp3) is 0.636. The van der Waals surface area contributed by atoms with Crippen LogP contribution in [0.25, 0.3) is 0 Å². The standard InChI is InChI=1S/C22H32N2O6/c1-22(2,3)30-21(26)24(20(25)18-6-4-11-27-18)10-5-9-23-15-16-7-8-17-19(14-16)29-13-12-28-17/h7-8,14,18,23H,4-6,9-13,15H2,1-3H3/p+1/t18-/m0/s1. The number of imide groups is 1. The molecule has 166 valence electrons. The van der Waals surface area contributed by atoms with Crippen LogP contribution in [-0.4, -0.2) is 61.5 Å². The zero-order valence-corrected chi connectivity index (χ0v) is 18.1. The average Bonchev–Trinajstić information content (AvgIpc) is 3.23. The number of benzene rings is 1. The summed E-state index contributed by atoms with van der Waals surface area (Å²) in [5.74, 6) is 1.27. The van der Waals surface area contributed by atoms with Crippen molar-refractivity contribution >= 4 is 12.0 Å². The summed E-state index contributed by atoms with van der Waals surface area (Å²) in [5, 5.41) is 2.15. The second kappa shape index (κ2) is 10.1. The number of carbonyl (C=O) groups is 2. The lowest BCUT2D eigenvalue weighted by Crippen LogP contribution is -2.82. The van der Waals surface area contributed by atoms with Crippen LogP contribution in [0.2, 0.25) is 0 Å². The first-order chi connectivity index (χ1) is 14.3. The molecule has 0 aliphatic carbocycles. The van der Waals surface area contributed by atoms with Gasteiger partial charge in [0.25, 0.3) is 5.91 Å². The summed E-state index contributed by atoms with van der Waals surface area (Å²) in [6, 6.07) is 5.96. The smallest absolute Gasteiger partial charge is 0.417 e. The molecule has 0 aromatic heterocycles. The number of nitrogens with zero attached hydrogens (tertiary/aromatic N) is 1. The van der Waals surface area contributed by atoms with Crippen LogP contribution in [0, 0.1) is 0 Å². The van der Waals surface area contributed by atoms with Crippen LogP contribution in [0.4, 0.5) is 4.79 Å². The Kier molecular flexibility index (Phi) is 7.55. The van der Waals surface area contributed by atoms with Crippen LogP contribution in [0.15, 0.2) is 18.2 Å². The zero-order valence-electron chi connectivity index (χ0n) is 18.1. The Morgan fingerprint density at radius 1 is 1.17 bits per heavy atom. The lowest BCUT2D eigenvalue weighted by Gasteiger charge is -2.27. The van der Waals surface area contributed by atoms with Crippen LogP contribution in [0.1, 0.15) is 45.6 Å². The Labute approximate surface area is 177 Å². The predicted octanol–water partition coefficient (Wildman–Crippen LogP) is 1.85. The molecule has 1 aromatic carbocycles. The Morgan fingerprint density at radius 2 is 1.93 bits per heavy atom. The van der Waals surface area contributed by atoms with Crippen LogP contribution < -0.4 is 14.8 Å². The van der Waals surface area contributed by atoms with Crippen LogP contribution >= 0.6 is 0 Å². The van der Waals surface area contributed by atoms with Gasteiger partial charge in [-0.2, -0.15) is 0 Å². The van der Waals surface area contributed by atoms with Crippen molar-refractivity contribution in [1.82, 2.24) is 4.90 Å². The highest BCUT2D eigenvalue weighted by atomic mass is 16.6. The molecule has 0 saturated carbocycles. The van der Waals surface area contributed by atoms with Gasteiger partial charge in [0, 0.05) is 25.1 Å². The molecule has 8 heteroatoms. The van der Waals surface area contributed by atoms with Gasteiger partial charge in [-0.3, -0.25) is 4.79 Å². The molecule has 2 amide bonds. The summed E-state index contributed by atoms with van der Waals surface area (Å²) in [6.07, 6.45) is 1.01. The SMILES string of the molecule is CC(C)(C)OC(=O)N(CCC[NH2+]Cc1ccc2c(c1)OCCO2)C(=O)[C@@H]1CCCO1. The quantitative estimate of drug-likeness (QED) is 0.676. The number of amides is 2. The van der Waals surface area contributed by atoms with E-state index in [1.165, 1.54) is 4.90 Å². The second-order valence-electron chi connectivity index (χ2n) is 8.58. The molecule has 0 spiro atoms. The minimum absolute atomic E-state index is 0.298. The lowest BCUT2D eigenvalue weighted by atomic mass is 10.2. The summed E-state index contributed by atoms with van der Waals surface area (Å²) < 4.78 is 22.1. The molecule has 0 bridgehead atoms. The molecular formula is C22H33N2O6+. The highest BCUT2D eigenvalue weighted by Crippen LogP contribution is 2.30. The molecule has 0 unspecified atom stereocenters. The van der Waals surface area contributed by atoms with Crippen molar-refractivity contribution in [2.45, 2.75) is 58.3 Å². The fourth-order valence-electron chi connectivity index (χ4n) is 3.43. The first-order valence-electron chi connectivity index (χ1n) is 10.7. The van der Waals surface area contributed by atoms with E-state index in [1.807, 2.05) is 18.2 Å². The van der Waals surface area contributed by atoms with Gasteiger partial charge in [0.15, 0.2) is 11.5 Å². The van der Waals surface area contributed by atoms with Crippen molar-refractivity contribution in [1.29, 1.82) is 0 Å². The number of quaternary nitrogens is 1. The lowest BCUT2D eigenvalue weighted by molar-refractivity contribution is -0.670. The summed E-state index contributed by atoms with van der Waals surface area (Å²) in [4.78, 5) is 26.5. The summed E-state index contributed by atoms with van der Waals surface area (Å²) in [6.45, 7) is 8.95. The van der Waals surface area contributed by atoms with Gasteiger partial charge in [-0.25, -0.2) is 9.69 Å². The van der Waals surface area contributed by atoms with E-state index >= 15 is 0 Å². The minimum atomic E-state index is -0.656. The highest BCUT2D eigenvalue weighted by Gasteiger charge is 2.34. The molecule has 30 heavy (non-hydrogen) atoms. The van der Waals surface area contributed by atoms with Gasteiger partial charge in [0.2, 0.25) is 0 Å². The Morgan fingerprint density at radius 3 is 2.63 bits per heavy atom. The van der Waals surface area contributed by atoms with Crippen LogP contribution in [0.5, 0.6) is 11.5 Å². The molecule has 8 nitrogen and oxygen atoms in total. The molecule has 3 rings (SSSR count).